The van der Waals surface area contributed by atoms with E-state index in [1.807, 2.05) is 6.92 Å². The molecule has 3 heterocycles. The number of hydrogen-bond acceptors (Lipinski definition) is 5. The summed E-state index contributed by atoms with van der Waals surface area (Å²) in [6.45, 7) is 3.39. The molecule has 0 aromatic carbocycles. The van der Waals surface area contributed by atoms with Crippen LogP contribution in [-0.2, 0) is 21.9 Å². The zero-order valence-corrected chi connectivity index (χ0v) is 15.8. The van der Waals surface area contributed by atoms with Gasteiger partial charge in [0.15, 0.2) is 0 Å². The molecule has 1 saturated heterocycles. The molecule has 9 heteroatoms. The predicted molar refractivity (Wildman–Crippen MR) is 96.7 cm³/mol. The van der Waals surface area contributed by atoms with Crippen molar-refractivity contribution in [1.29, 1.82) is 0 Å². The lowest BCUT2D eigenvalue weighted by Crippen LogP contribution is -2.50. The highest BCUT2D eigenvalue weighted by Gasteiger charge is 2.33. The Morgan fingerprint density at radius 3 is 2.42 bits per heavy atom. The second-order valence-electron chi connectivity index (χ2n) is 6.29. The van der Waals surface area contributed by atoms with Crippen LogP contribution < -0.4 is 0 Å². The summed E-state index contributed by atoms with van der Waals surface area (Å²) < 4.78 is 29.2. The highest BCUT2D eigenvalue weighted by Crippen LogP contribution is 2.28. The van der Waals surface area contributed by atoms with Crippen molar-refractivity contribution in [3.05, 3.63) is 30.7 Å². The molecular formula is C17H23N5O3S. The minimum Gasteiger partial charge on any atom is -0.340 e. The van der Waals surface area contributed by atoms with Crippen LogP contribution in [0.5, 0.6) is 0 Å². The maximum atomic E-state index is 13.2. The lowest BCUT2D eigenvalue weighted by molar-refractivity contribution is -0.132. The molecule has 0 saturated carbocycles. The zero-order chi connectivity index (χ0) is 18.7. The molecule has 0 bridgehead atoms. The normalized spacial score (nSPS) is 16.0. The molecule has 0 spiro atoms. The van der Waals surface area contributed by atoms with Gasteiger partial charge in [0.2, 0.25) is 15.9 Å². The molecule has 140 valence electrons. The Bertz CT molecular complexity index is 871. The van der Waals surface area contributed by atoms with Crippen molar-refractivity contribution in [3.63, 3.8) is 0 Å². The van der Waals surface area contributed by atoms with Crippen molar-refractivity contribution in [1.82, 2.24) is 24.0 Å². The van der Waals surface area contributed by atoms with Gasteiger partial charge >= 0.3 is 0 Å². The summed E-state index contributed by atoms with van der Waals surface area (Å²) >= 11 is 0. The van der Waals surface area contributed by atoms with Gasteiger partial charge in [-0.15, -0.1) is 0 Å². The van der Waals surface area contributed by atoms with Gasteiger partial charge in [-0.3, -0.25) is 14.5 Å². The summed E-state index contributed by atoms with van der Waals surface area (Å²) in [5.74, 6) is 0.0865. The third-order valence-electron chi connectivity index (χ3n) is 4.42. The van der Waals surface area contributed by atoms with Gasteiger partial charge in [-0.2, -0.15) is 9.40 Å². The van der Waals surface area contributed by atoms with Gasteiger partial charge in [0, 0.05) is 63.8 Å². The molecule has 3 rings (SSSR count). The standard InChI is InChI=1S/C17H23N5O3S/c1-3-4-16(23)21-9-11-22(12-10-21)26(24,25)15-13-20(2)19-17(15)14-5-7-18-8-6-14/h5-8,13H,3-4,9-12H2,1-2H3. The van der Waals surface area contributed by atoms with Crippen LogP contribution in [0.2, 0.25) is 0 Å². The van der Waals surface area contributed by atoms with Crippen LogP contribution in [0.25, 0.3) is 11.3 Å². The van der Waals surface area contributed by atoms with Crippen LogP contribution in [0.4, 0.5) is 0 Å². The van der Waals surface area contributed by atoms with E-state index in [1.54, 1.807) is 36.5 Å². The Morgan fingerprint density at radius 1 is 1.15 bits per heavy atom. The van der Waals surface area contributed by atoms with E-state index in [-0.39, 0.29) is 10.8 Å². The number of sulfonamides is 1. The summed E-state index contributed by atoms with van der Waals surface area (Å²) in [5, 5.41) is 4.33. The van der Waals surface area contributed by atoms with Crippen LogP contribution >= 0.6 is 0 Å². The number of carbonyl (C=O) groups excluding carboxylic acids is 1. The average Bonchev–Trinajstić information content (AvgIpc) is 3.05. The van der Waals surface area contributed by atoms with Crippen molar-refractivity contribution in [2.75, 3.05) is 26.2 Å². The Hall–Kier alpha value is -2.26. The number of piperazine rings is 1. The first-order valence-electron chi connectivity index (χ1n) is 8.65. The summed E-state index contributed by atoms with van der Waals surface area (Å²) in [4.78, 5) is 17.9. The first-order valence-corrected chi connectivity index (χ1v) is 10.1. The number of amides is 1. The van der Waals surface area contributed by atoms with E-state index in [9.17, 15) is 13.2 Å². The highest BCUT2D eigenvalue weighted by molar-refractivity contribution is 7.89. The molecule has 2 aromatic rings. The molecule has 1 aliphatic rings. The van der Waals surface area contributed by atoms with Crippen LogP contribution in [-0.4, -0.2) is 64.5 Å². The monoisotopic (exact) mass is 377 g/mol. The Labute approximate surface area is 153 Å². The van der Waals surface area contributed by atoms with Crippen LogP contribution in [0.1, 0.15) is 19.8 Å². The molecule has 0 atom stereocenters. The summed E-state index contributed by atoms with van der Waals surface area (Å²) in [5.41, 5.74) is 1.12. The second kappa shape index (κ2) is 7.55. The molecule has 0 unspecified atom stereocenters. The number of hydrogen-bond donors (Lipinski definition) is 0. The largest absolute Gasteiger partial charge is 0.340 e. The molecule has 8 nitrogen and oxygen atoms in total. The van der Waals surface area contributed by atoms with Crippen LogP contribution in [0, 0.1) is 0 Å². The quantitative estimate of drug-likeness (QED) is 0.779. The first kappa shape index (κ1) is 18.5. The maximum Gasteiger partial charge on any atom is 0.246 e. The molecule has 0 radical (unpaired) electrons. The van der Waals surface area contributed by atoms with E-state index in [4.69, 9.17) is 0 Å². The molecule has 0 aliphatic carbocycles. The van der Waals surface area contributed by atoms with Crippen LogP contribution in [0.15, 0.2) is 35.6 Å². The summed E-state index contributed by atoms with van der Waals surface area (Å²) in [7, 11) is -1.99. The number of aromatic nitrogens is 3. The van der Waals surface area contributed by atoms with E-state index >= 15 is 0 Å². The van der Waals surface area contributed by atoms with Gasteiger partial charge in [-0.25, -0.2) is 8.42 Å². The lowest BCUT2D eigenvalue weighted by atomic mass is 10.2. The van der Waals surface area contributed by atoms with Gasteiger partial charge in [0.05, 0.1) is 0 Å². The van der Waals surface area contributed by atoms with E-state index in [0.29, 0.717) is 43.9 Å². The average molecular weight is 377 g/mol. The fourth-order valence-electron chi connectivity index (χ4n) is 3.05. The lowest BCUT2D eigenvalue weighted by Gasteiger charge is -2.34. The predicted octanol–water partition coefficient (Wildman–Crippen LogP) is 1.12. The van der Waals surface area contributed by atoms with Gasteiger partial charge in [0.25, 0.3) is 0 Å². The Kier molecular flexibility index (Phi) is 5.38. The highest BCUT2D eigenvalue weighted by atomic mass is 32.2. The molecule has 26 heavy (non-hydrogen) atoms. The molecule has 1 amide bonds. The molecular weight excluding hydrogens is 354 g/mol. The number of carbonyl (C=O) groups is 1. The van der Waals surface area contributed by atoms with Gasteiger partial charge in [0.1, 0.15) is 10.6 Å². The van der Waals surface area contributed by atoms with Gasteiger partial charge in [-0.1, -0.05) is 6.92 Å². The van der Waals surface area contributed by atoms with E-state index in [0.717, 1.165) is 6.42 Å². The van der Waals surface area contributed by atoms with E-state index in [1.165, 1.54) is 15.2 Å². The second-order valence-corrected chi connectivity index (χ2v) is 8.19. The minimum atomic E-state index is -3.69. The number of nitrogens with zero attached hydrogens (tertiary/aromatic N) is 5. The third kappa shape index (κ3) is 3.63. The fourth-order valence-corrected chi connectivity index (χ4v) is 4.67. The zero-order valence-electron chi connectivity index (χ0n) is 15.0. The Morgan fingerprint density at radius 2 is 1.81 bits per heavy atom. The number of rotatable bonds is 5. The van der Waals surface area contributed by atoms with Crippen LogP contribution in [0.3, 0.4) is 0 Å². The van der Waals surface area contributed by atoms with Crippen molar-refractivity contribution >= 4 is 15.9 Å². The number of pyridine rings is 1. The SMILES string of the molecule is CCCC(=O)N1CCN(S(=O)(=O)c2cn(C)nc2-c2ccncc2)CC1. The molecule has 1 fully saturated rings. The smallest absolute Gasteiger partial charge is 0.246 e. The maximum absolute atomic E-state index is 13.2. The third-order valence-corrected chi connectivity index (χ3v) is 6.32. The molecule has 0 N–H and O–H groups in total. The topological polar surface area (TPSA) is 88.4 Å². The van der Waals surface area contributed by atoms with E-state index in [2.05, 4.69) is 10.1 Å². The van der Waals surface area contributed by atoms with Crippen molar-refractivity contribution in [3.8, 4) is 11.3 Å². The van der Waals surface area contributed by atoms with Crippen molar-refractivity contribution in [2.24, 2.45) is 7.05 Å². The summed E-state index contributed by atoms with van der Waals surface area (Å²) in [6, 6.07) is 3.48. The molecule has 1 aliphatic heterocycles. The Balaban J connectivity index is 1.83. The molecule has 2 aromatic heterocycles. The first-order chi connectivity index (χ1) is 12.4. The van der Waals surface area contributed by atoms with E-state index < -0.39 is 10.0 Å². The minimum absolute atomic E-state index is 0.0865. The van der Waals surface area contributed by atoms with Gasteiger partial charge in [-0.05, 0) is 18.6 Å². The van der Waals surface area contributed by atoms with Crippen molar-refractivity contribution < 1.29 is 13.2 Å². The van der Waals surface area contributed by atoms with Gasteiger partial charge < -0.3 is 4.90 Å². The van der Waals surface area contributed by atoms with Crippen molar-refractivity contribution in [2.45, 2.75) is 24.7 Å². The summed E-state index contributed by atoms with van der Waals surface area (Å²) in [6.07, 6.45) is 6.04. The number of aryl methyl sites for hydroxylation is 1. The fraction of sp³-hybridized carbons (Fsp3) is 0.471.